The summed E-state index contributed by atoms with van der Waals surface area (Å²) in [5, 5.41) is 20.7. The lowest BCUT2D eigenvalue weighted by atomic mass is 9.95. The molecule has 0 saturated carbocycles. The third-order valence-electron chi connectivity index (χ3n) is 4.72. The van der Waals surface area contributed by atoms with Crippen LogP contribution in [0, 0.1) is 0 Å². The highest BCUT2D eigenvalue weighted by Gasteiger charge is 2.23. The van der Waals surface area contributed by atoms with E-state index in [1.54, 1.807) is 6.20 Å². The molecule has 0 bridgehead atoms. The molecule has 0 aromatic carbocycles. The van der Waals surface area contributed by atoms with Crippen LogP contribution in [-0.2, 0) is 13.1 Å². The lowest BCUT2D eigenvalue weighted by Gasteiger charge is -2.31. The van der Waals surface area contributed by atoms with Crippen molar-refractivity contribution in [3.05, 3.63) is 47.2 Å². The summed E-state index contributed by atoms with van der Waals surface area (Å²) in [4.78, 5) is 5.15. The molecule has 1 fully saturated rings. The summed E-state index contributed by atoms with van der Waals surface area (Å²) >= 11 is 1.83. The first-order valence-corrected chi connectivity index (χ1v) is 9.58. The number of H-pyrrole nitrogens is 1. The Kier molecular flexibility index (Phi) is 4.96. The Morgan fingerprint density at radius 3 is 3.08 bits per heavy atom. The number of thiophene rings is 1. The lowest BCUT2D eigenvalue weighted by Crippen LogP contribution is -2.33. The Hall–Kier alpha value is -1.96. The monoisotopic (exact) mass is 357 g/mol. The number of hydrogen-bond acceptors (Lipinski definition) is 5. The Morgan fingerprint density at radius 1 is 1.28 bits per heavy atom. The van der Waals surface area contributed by atoms with Crippen LogP contribution >= 0.6 is 11.3 Å². The second-order valence-corrected chi connectivity index (χ2v) is 7.71. The minimum absolute atomic E-state index is 0.134. The first-order valence-electron chi connectivity index (χ1n) is 8.77. The van der Waals surface area contributed by atoms with E-state index in [1.807, 2.05) is 28.3 Å². The molecular formula is C18H23N5OS. The van der Waals surface area contributed by atoms with Crippen LogP contribution in [0.1, 0.15) is 29.3 Å². The van der Waals surface area contributed by atoms with Gasteiger partial charge in [-0.25, -0.2) is 0 Å². The fourth-order valence-electron chi connectivity index (χ4n) is 3.48. The molecule has 1 saturated heterocycles. The normalized spacial score (nSPS) is 18.7. The summed E-state index contributed by atoms with van der Waals surface area (Å²) < 4.78 is 1.84. The minimum atomic E-state index is 0.134. The summed E-state index contributed by atoms with van der Waals surface area (Å²) in [7, 11) is 0. The number of piperidine rings is 1. The van der Waals surface area contributed by atoms with Gasteiger partial charge in [-0.05, 0) is 43.7 Å². The molecule has 1 aliphatic rings. The van der Waals surface area contributed by atoms with E-state index in [9.17, 15) is 0 Å². The summed E-state index contributed by atoms with van der Waals surface area (Å²) in [6.45, 7) is 3.89. The van der Waals surface area contributed by atoms with Gasteiger partial charge in [0.2, 0.25) is 0 Å². The van der Waals surface area contributed by atoms with Crippen molar-refractivity contribution in [2.45, 2.75) is 31.8 Å². The van der Waals surface area contributed by atoms with Crippen molar-refractivity contribution in [3.8, 4) is 10.6 Å². The summed E-state index contributed by atoms with van der Waals surface area (Å²) in [5.41, 5.74) is 2.24. The van der Waals surface area contributed by atoms with Crippen molar-refractivity contribution in [1.82, 2.24) is 24.9 Å². The van der Waals surface area contributed by atoms with Crippen LogP contribution in [0.25, 0.3) is 10.6 Å². The quantitative estimate of drug-likeness (QED) is 0.712. The third-order valence-corrected chi connectivity index (χ3v) is 5.82. The number of hydrogen-bond donors (Lipinski definition) is 2. The van der Waals surface area contributed by atoms with E-state index in [-0.39, 0.29) is 6.61 Å². The zero-order valence-electron chi connectivity index (χ0n) is 14.1. The molecule has 0 amide bonds. The lowest BCUT2D eigenvalue weighted by molar-refractivity contribution is 0.199. The van der Waals surface area contributed by atoms with Crippen molar-refractivity contribution < 1.29 is 5.11 Å². The maximum atomic E-state index is 9.04. The van der Waals surface area contributed by atoms with E-state index in [0.717, 1.165) is 31.0 Å². The van der Waals surface area contributed by atoms with Gasteiger partial charge in [0.15, 0.2) is 0 Å². The highest BCUT2D eigenvalue weighted by Crippen LogP contribution is 2.30. The van der Waals surface area contributed by atoms with E-state index in [4.69, 9.17) is 5.11 Å². The average molecular weight is 357 g/mol. The second-order valence-electron chi connectivity index (χ2n) is 6.54. The van der Waals surface area contributed by atoms with Gasteiger partial charge < -0.3 is 5.11 Å². The Labute approximate surface area is 151 Å². The van der Waals surface area contributed by atoms with Gasteiger partial charge >= 0.3 is 0 Å². The van der Waals surface area contributed by atoms with E-state index in [2.05, 4.69) is 38.4 Å². The minimum Gasteiger partial charge on any atom is -0.394 e. The number of aliphatic hydroxyl groups excluding tert-OH is 1. The van der Waals surface area contributed by atoms with Gasteiger partial charge in [0.1, 0.15) is 0 Å². The molecule has 1 aliphatic heterocycles. The van der Waals surface area contributed by atoms with Crippen LogP contribution in [0.4, 0.5) is 0 Å². The number of likely N-dealkylation sites (tertiary alicyclic amines) is 1. The van der Waals surface area contributed by atoms with Crippen LogP contribution in [0.15, 0.2) is 36.7 Å². The largest absolute Gasteiger partial charge is 0.394 e. The maximum absolute atomic E-state index is 9.04. The van der Waals surface area contributed by atoms with Crippen LogP contribution in [0.3, 0.4) is 0 Å². The standard InChI is InChI=1S/C18H23N5OS/c24-11-10-23-9-6-16(21-23)14-2-1-8-22(12-14)13-15-3-4-18(25-15)17-5-7-19-20-17/h3-7,9,14,24H,1-2,8,10-13H2,(H,19,20)/t14-/m0/s1. The molecule has 1 atom stereocenters. The molecule has 4 rings (SSSR count). The fourth-order valence-corrected chi connectivity index (χ4v) is 4.51. The number of nitrogens with one attached hydrogen (secondary N) is 1. The topological polar surface area (TPSA) is 70.0 Å². The molecule has 0 spiro atoms. The van der Waals surface area contributed by atoms with Gasteiger partial charge in [-0.3, -0.25) is 14.7 Å². The van der Waals surface area contributed by atoms with Crippen molar-refractivity contribution in [3.63, 3.8) is 0 Å². The van der Waals surface area contributed by atoms with Crippen molar-refractivity contribution in [1.29, 1.82) is 0 Å². The number of aliphatic hydroxyl groups is 1. The second kappa shape index (κ2) is 7.51. The predicted octanol–water partition coefficient (Wildman–Crippen LogP) is 2.71. The average Bonchev–Trinajstić information content (AvgIpc) is 3.37. The highest BCUT2D eigenvalue weighted by molar-refractivity contribution is 7.15. The molecule has 25 heavy (non-hydrogen) atoms. The van der Waals surface area contributed by atoms with Gasteiger partial charge in [0.05, 0.1) is 29.4 Å². The fraction of sp³-hybridized carbons (Fsp3) is 0.444. The number of aromatic nitrogens is 4. The predicted molar refractivity (Wildman–Crippen MR) is 98.5 cm³/mol. The molecule has 132 valence electrons. The van der Waals surface area contributed by atoms with Crippen molar-refractivity contribution in [2.24, 2.45) is 0 Å². The van der Waals surface area contributed by atoms with Crippen LogP contribution in [-0.4, -0.2) is 49.7 Å². The summed E-state index contributed by atoms with van der Waals surface area (Å²) in [6.07, 6.45) is 6.16. The molecule has 3 aromatic rings. The third kappa shape index (κ3) is 3.84. The first kappa shape index (κ1) is 16.5. The van der Waals surface area contributed by atoms with Crippen LogP contribution in [0.2, 0.25) is 0 Å². The molecule has 0 unspecified atom stereocenters. The number of rotatable bonds is 6. The Balaban J connectivity index is 1.39. The molecule has 4 heterocycles. The van der Waals surface area contributed by atoms with Gasteiger partial charge in [-0.2, -0.15) is 10.2 Å². The maximum Gasteiger partial charge on any atom is 0.0749 e. The highest BCUT2D eigenvalue weighted by atomic mass is 32.1. The van der Waals surface area contributed by atoms with E-state index in [1.165, 1.54) is 22.6 Å². The van der Waals surface area contributed by atoms with Crippen molar-refractivity contribution in [2.75, 3.05) is 19.7 Å². The summed E-state index contributed by atoms with van der Waals surface area (Å²) in [6, 6.07) is 8.51. The van der Waals surface area contributed by atoms with Crippen molar-refractivity contribution >= 4 is 11.3 Å². The molecule has 6 nitrogen and oxygen atoms in total. The summed E-state index contributed by atoms with van der Waals surface area (Å²) in [5.74, 6) is 0.487. The van der Waals surface area contributed by atoms with E-state index in [0.29, 0.717) is 12.5 Å². The van der Waals surface area contributed by atoms with E-state index >= 15 is 0 Å². The van der Waals surface area contributed by atoms with Crippen LogP contribution < -0.4 is 0 Å². The van der Waals surface area contributed by atoms with Gasteiger partial charge in [0.25, 0.3) is 0 Å². The van der Waals surface area contributed by atoms with Gasteiger partial charge in [-0.15, -0.1) is 11.3 Å². The number of aromatic amines is 1. The Bertz CT molecular complexity index is 794. The first-order chi connectivity index (χ1) is 12.3. The molecule has 7 heteroatoms. The smallest absolute Gasteiger partial charge is 0.0749 e. The van der Waals surface area contributed by atoms with E-state index < -0.39 is 0 Å². The molecule has 3 aromatic heterocycles. The van der Waals surface area contributed by atoms with Crippen LogP contribution in [0.5, 0.6) is 0 Å². The molecule has 0 aliphatic carbocycles. The number of nitrogens with zero attached hydrogens (tertiary/aromatic N) is 4. The zero-order chi connectivity index (χ0) is 17.1. The van der Waals surface area contributed by atoms with Gasteiger partial charge in [-0.1, -0.05) is 0 Å². The Morgan fingerprint density at radius 2 is 2.24 bits per heavy atom. The molecular weight excluding hydrogens is 334 g/mol. The molecule has 0 radical (unpaired) electrons. The van der Waals surface area contributed by atoms with Gasteiger partial charge in [0, 0.05) is 36.3 Å². The zero-order valence-corrected chi connectivity index (χ0v) is 15.0. The SMILES string of the molecule is OCCn1ccc([C@H]2CCCN(Cc3ccc(-c4ccn[nH]4)s3)C2)n1. The molecule has 2 N–H and O–H groups in total.